The van der Waals surface area contributed by atoms with Crippen molar-refractivity contribution in [2.75, 3.05) is 0 Å². The molecule has 0 unspecified atom stereocenters. The van der Waals surface area contributed by atoms with Crippen molar-refractivity contribution >= 4 is 12.6 Å². The van der Waals surface area contributed by atoms with Gasteiger partial charge in [-0.2, -0.15) is 12.6 Å². The van der Waals surface area contributed by atoms with E-state index in [1.54, 1.807) is 6.20 Å². The van der Waals surface area contributed by atoms with Gasteiger partial charge in [-0.3, -0.25) is 4.98 Å². The first-order valence-corrected chi connectivity index (χ1v) is 3.56. The van der Waals surface area contributed by atoms with Crippen LogP contribution in [0.3, 0.4) is 0 Å². The van der Waals surface area contributed by atoms with E-state index in [1.165, 1.54) is 0 Å². The Hall–Kier alpha value is -0.760. The van der Waals surface area contributed by atoms with Crippen molar-refractivity contribution in [2.45, 2.75) is 5.75 Å². The zero-order valence-corrected chi connectivity index (χ0v) is 6.72. The average Bonchev–Trinajstić information content (AvgIpc) is 2.10. The summed E-state index contributed by atoms with van der Waals surface area (Å²) in [5.41, 5.74) is 1.16. The van der Waals surface area contributed by atoms with Crippen LogP contribution >= 0.6 is 12.6 Å². The maximum atomic E-state index is 4.07. The zero-order valence-electron chi connectivity index (χ0n) is 5.83. The van der Waals surface area contributed by atoms with E-state index in [9.17, 15) is 0 Å². The maximum absolute atomic E-state index is 4.07. The second-order valence-electron chi connectivity index (χ2n) is 1.52. The van der Waals surface area contributed by atoms with E-state index < -0.39 is 0 Å². The van der Waals surface area contributed by atoms with Crippen molar-refractivity contribution in [1.82, 2.24) is 4.98 Å². The lowest BCUT2D eigenvalue weighted by Crippen LogP contribution is -1.75. The minimum absolute atomic E-state index is 0.772. The molecule has 0 atom stereocenters. The molecular weight excluding hydrogens is 142 g/mol. The lowest BCUT2D eigenvalue weighted by Gasteiger charge is -1.88. The largest absolute Gasteiger partial charge is 0.264 e. The third-order valence-electron chi connectivity index (χ3n) is 0.905. The number of pyridine rings is 1. The van der Waals surface area contributed by atoms with Crippen LogP contribution in [0.15, 0.2) is 37.7 Å². The highest BCUT2D eigenvalue weighted by molar-refractivity contribution is 7.79. The summed E-state index contributed by atoms with van der Waals surface area (Å²) in [4.78, 5) is 3.91. The molecule has 0 saturated heterocycles. The van der Waals surface area contributed by atoms with Gasteiger partial charge in [0.15, 0.2) is 0 Å². The molecular formula is C8H11NS. The Balaban J connectivity index is 0.000000371. The van der Waals surface area contributed by atoms with Gasteiger partial charge in [-0.25, -0.2) is 0 Å². The zero-order chi connectivity index (χ0) is 7.82. The summed E-state index contributed by atoms with van der Waals surface area (Å²) in [5, 5.41) is 0. The third-order valence-corrected chi connectivity index (χ3v) is 1.27. The molecule has 54 valence electrons. The normalized spacial score (nSPS) is 7.70. The van der Waals surface area contributed by atoms with Crippen LogP contribution in [0.4, 0.5) is 0 Å². The Morgan fingerprint density at radius 2 is 2.20 bits per heavy atom. The lowest BCUT2D eigenvalue weighted by molar-refractivity contribution is 1.26. The third kappa shape index (κ3) is 3.30. The smallest absolute Gasteiger partial charge is 0.0308 e. The van der Waals surface area contributed by atoms with Crippen molar-refractivity contribution < 1.29 is 0 Å². The van der Waals surface area contributed by atoms with Crippen molar-refractivity contribution in [1.29, 1.82) is 0 Å². The summed E-state index contributed by atoms with van der Waals surface area (Å²) >= 11 is 4.07. The van der Waals surface area contributed by atoms with Crippen LogP contribution in [-0.4, -0.2) is 4.98 Å². The van der Waals surface area contributed by atoms with Gasteiger partial charge in [-0.05, 0) is 11.6 Å². The number of thiol groups is 1. The van der Waals surface area contributed by atoms with Crippen LogP contribution in [0.1, 0.15) is 5.56 Å². The van der Waals surface area contributed by atoms with E-state index in [0.717, 1.165) is 11.3 Å². The molecule has 0 aliphatic rings. The van der Waals surface area contributed by atoms with Gasteiger partial charge in [0.1, 0.15) is 0 Å². The molecule has 10 heavy (non-hydrogen) atoms. The van der Waals surface area contributed by atoms with Crippen LogP contribution in [0.2, 0.25) is 0 Å². The molecule has 0 radical (unpaired) electrons. The Morgan fingerprint density at radius 3 is 2.50 bits per heavy atom. The van der Waals surface area contributed by atoms with Gasteiger partial charge in [-0.15, -0.1) is 13.2 Å². The fraction of sp³-hybridized carbons (Fsp3) is 0.125. The molecule has 0 bridgehead atoms. The van der Waals surface area contributed by atoms with Crippen molar-refractivity contribution in [3.63, 3.8) is 0 Å². The molecule has 1 rings (SSSR count). The molecule has 0 aliphatic heterocycles. The van der Waals surface area contributed by atoms with Crippen LogP contribution in [0, 0.1) is 0 Å². The highest BCUT2D eigenvalue weighted by atomic mass is 32.1. The second-order valence-corrected chi connectivity index (χ2v) is 1.84. The summed E-state index contributed by atoms with van der Waals surface area (Å²) in [6.45, 7) is 6.00. The maximum Gasteiger partial charge on any atom is 0.0308 e. The predicted octanol–water partition coefficient (Wildman–Crippen LogP) is 2.31. The van der Waals surface area contributed by atoms with E-state index in [2.05, 4.69) is 30.8 Å². The molecule has 1 nitrogen and oxygen atoms in total. The quantitative estimate of drug-likeness (QED) is 0.482. The minimum atomic E-state index is 0.772. The van der Waals surface area contributed by atoms with Gasteiger partial charge in [0, 0.05) is 18.1 Å². The van der Waals surface area contributed by atoms with Crippen LogP contribution < -0.4 is 0 Å². The standard InChI is InChI=1S/C6H7NS.C2H4/c8-5-6-2-1-3-7-4-6;1-2/h1-4,8H,5H2;1-2H2. The van der Waals surface area contributed by atoms with Gasteiger partial charge in [0.25, 0.3) is 0 Å². The van der Waals surface area contributed by atoms with Gasteiger partial charge in [-0.1, -0.05) is 6.07 Å². The van der Waals surface area contributed by atoms with Gasteiger partial charge in [0.2, 0.25) is 0 Å². The van der Waals surface area contributed by atoms with E-state index in [0.29, 0.717) is 0 Å². The summed E-state index contributed by atoms with van der Waals surface area (Å²) < 4.78 is 0. The minimum Gasteiger partial charge on any atom is -0.264 e. The summed E-state index contributed by atoms with van der Waals surface area (Å²) in [7, 11) is 0. The van der Waals surface area contributed by atoms with Crippen LogP contribution in [-0.2, 0) is 5.75 Å². The second kappa shape index (κ2) is 6.36. The number of rotatable bonds is 1. The van der Waals surface area contributed by atoms with Crippen LogP contribution in [0.25, 0.3) is 0 Å². The first-order chi connectivity index (χ1) is 4.93. The number of aromatic nitrogens is 1. The molecule has 0 spiro atoms. The van der Waals surface area contributed by atoms with Gasteiger partial charge < -0.3 is 0 Å². The molecule has 0 amide bonds. The highest BCUT2D eigenvalue weighted by Crippen LogP contribution is 1.97. The van der Waals surface area contributed by atoms with E-state index >= 15 is 0 Å². The Morgan fingerprint density at radius 1 is 1.50 bits per heavy atom. The first-order valence-electron chi connectivity index (χ1n) is 2.93. The molecule has 1 aromatic rings. The first kappa shape index (κ1) is 9.24. The fourth-order valence-corrected chi connectivity index (χ4v) is 0.679. The molecule has 0 aliphatic carbocycles. The van der Waals surface area contributed by atoms with E-state index in [-0.39, 0.29) is 0 Å². The molecule has 0 aromatic carbocycles. The van der Waals surface area contributed by atoms with E-state index in [4.69, 9.17) is 0 Å². The Kier molecular flexibility index (Phi) is 5.88. The van der Waals surface area contributed by atoms with E-state index in [1.807, 2.05) is 18.3 Å². The molecule has 2 heteroatoms. The summed E-state index contributed by atoms with van der Waals surface area (Å²) in [6.07, 6.45) is 3.57. The predicted molar refractivity (Wildman–Crippen MR) is 48.2 cm³/mol. The van der Waals surface area contributed by atoms with Crippen molar-refractivity contribution in [2.24, 2.45) is 0 Å². The molecule has 0 saturated carbocycles. The molecule has 1 heterocycles. The SMILES string of the molecule is C=C.SCc1cccnc1. The summed E-state index contributed by atoms with van der Waals surface area (Å²) in [5.74, 6) is 0.772. The Bertz CT molecular complexity index is 162. The lowest BCUT2D eigenvalue weighted by atomic mass is 10.3. The molecule has 0 N–H and O–H groups in total. The van der Waals surface area contributed by atoms with Crippen molar-refractivity contribution in [3.05, 3.63) is 43.2 Å². The van der Waals surface area contributed by atoms with Gasteiger partial charge in [0.05, 0.1) is 0 Å². The van der Waals surface area contributed by atoms with Gasteiger partial charge >= 0.3 is 0 Å². The number of nitrogens with zero attached hydrogens (tertiary/aromatic N) is 1. The molecule has 0 fully saturated rings. The number of hydrogen-bond donors (Lipinski definition) is 1. The van der Waals surface area contributed by atoms with Crippen LogP contribution in [0.5, 0.6) is 0 Å². The number of hydrogen-bond acceptors (Lipinski definition) is 2. The highest BCUT2D eigenvalue weighted by Gasteiger charge is 1.81. The topological polar surface area (TPSA) is 12.9 Å². The van der Waals surface area contributed by atoms with Crippen molar-refractivity contribution in [3.8, 4) is 0 Å². The fourth-order valence-electron chi connectivity index (χ4n) is 0.492. The average molecular weight is 153 g/mol. The Labute approximate surface area is 67.2 Å². The summed E-state index contributed by atoms with van der Waals surface area (Å²) in [6, 6.07) is 3.91. The molecule has 1 aromatic heterocycles. The monoisotopic (exact) mass is 153 g/mol.